The molecule has 7 rings (SSSR count). The molecule has 6 nitrogen and oxygen atoms in total. The summed E-state index contributed by atoms with van der Waals surface area (Å²) in [4.78, 5) is 21.5. The molecule has 41 heavy (non-hydrogen) atoms. The van der Waals surface area contributed by atoms with E-state index in [0.717, 1.165) is 54.6 Å². The highest BCUT2D eigenvalue weighted by Crippen LogP contribution is 2.42. The Hall–Kier alpha value is -3.64. The molecule has 214 valence electrons. The zero-order valence-corrected chi connectivity index (χ0v) is 24.7. The SMILES string of the molecule is CC1CC1.COc1ccc(CN2CC3(CCN(c4cnc5c(ccn5Cc5ccc(C(C)=O)cc5)c4)CC3)C2)cc1. The molecule has 2 saturated heterocycles. The van der Waals surface area contributed by atoms with Crippen LogP contribution in [0.2, 0.25) is 0 Å². The van der Waals surface area contributed by atoms with E-state index in [1.807, 2.05) is 30.5 Å². The number of nitrogens with zero attached hydrogens (tertiary/aromatic N) is 4. The summed E-state index contributed by atoms with van der Waals surface area (Å²) in [6.07, 6.45) is 9.59. The molecular weight excluding hydrogens is 508 g/mol. The molecule has 1 aliphatic carbocycles. The number of Topliss-reactive ketones (excluding diaryl/α,β-unsaturated/α-hetero) is 1. The molecule has 3 aliphatic rings. The summed E-state index contributed by atoms with van der Waals surface area (Å²) < 4.78 is 7.46. The normalized spacial score (nSPS) is 18.1. The number of likely N-dealkylation sites (tertiary alicyclic amines) is 1. The largest absolute Gasteiger partial charge is 0.497 e. The fourth-order valence-corrected chi connectivity index (χ4v) is 6.13. The second-order valence-electron chi connectivity index (χ2n) is 12.5. The van der Waals surface area contributed by atoms with Crippen molar-refractivity contribution in [3.8, 4) is 5.75 Å². The summed E-state index contributed by atoms with van der Waals surface area (Å²) in [5.41, 5.74) is 5.96. The lowest BCUT2D eigenvalue weighted by Gasteiger charge is -2.54. The third kappa shape index (κ3) is 6.48. The number of pyridine rings is 1. The smallest absolute Gasteiger partial charge is 0.159 e. The minimum Gasteiger partial charge on any atom is -0.497 e. The first-order valence-corrected chi connectivity index (χ1v) is 15.0. The van der Waals surface area contributed by atoms with Crippen molar-refractivity contribution in [2.75, 3.05) is 38.2 Å². The van der Waals surface area contributed by atoms with E-state index in [9.17, 15) is 4.79 Å². The first-order chi connectivity index (χ1) is 19.9. The van der Waals surface area contributed by atoms with Gasteiger partial charge in [-0.3, -0.25) is 9.69 Å². The number of fused-ring (bicyclic) bond motifs is 1. The lowest BCUT2D eigenvalue weighted by Crippen LogP contribution is -2.59. The Bertz CT molecular complexity index is 1470. The fraction of sp³-hybridized carbons (Fsp3) is 0.429. The highest BCUT2D eigenvalue weighted by atomic mass is 16.5. The van der Waals surface area contributed by atoms with E-state index < -0.39 is 0 Å². The van der Waals surface area contributed by atoms with Crippen molar-refractivity contribution >= 4 is 22.5 Å². The molecule has 0 amide bonds. The number of carbonyl (C=O) groups excluding carboxylic acids is 1. The van der Waals surface area contributed by atoms with Crippen LogP contribution in [-0.4, -0.2) is 53.5 Å². The van der Waals surface area contributed by atoms with Crippen LogP contribution in [0.5, 0.6) is 5.75 Å². The van der Waals surface area contributed by atoms with Gasteiger partial charge in [-0.25, -0.2) is 4.98 Å². The molecule has 2 aliphatic heterocycles. The molecule has 3 fully saturated rings. The number of rotatable bonds is 7. The van der Waals surface area contributed by atoms with Crippen LogP contribution in [0.3, 0.4) is 0 Å². The Morgan fingerprint density at radius 2 is 1.59 bits per heavy atom. The highest BCUT2D eigenvalue weighted by Gasteiger charge is 2.44. The van der Waals surface area contributed by atoms with Crippen molar-refractivity contribution in [2.45, 2.75) is 52.6 Å². The number of anilines is 1. The molecule has 0 bridgehead atoms. The van der Waals surface area contributed by atoms with Crippen LogP contribution in [0.15, 0.2) is 73.1 Å². The van der Waals surface area contributed by atoms with Crippen molar-refractivity contribution < 1.29 is 9.53 Å². The quantitative estimate of drug-likeness (QED) is 0.237. The molecule has 0 radical (unpaired) electrons. The first-order valence-electron chi connectivity index (χ1n) is 15.0. The van der Waals surface area contributed by atoms with E-state index in [4.69, 9.17) is 9.72 Å². The minimum absolute atomic E-state index is 0.0963. The van der Waals surface area contributed by atoms with E-state index in [0.29, 0.717) is 5.41 Å². The Morgan fingerprint density at radius 3 is 2.20 bits per heavy atom. The van der Waals surface area contributed by atoms with E-state index >= 15 is 0 Å². The van der Waals surface area contributed by atoms with E-state index in [1.165, 1.54) is 55.4 Å². The van der Waals surface area contributed by atoms with Gasteiger partial charge in [0.2, 0.25) is 0 Å². The predicted molar refractivity (Wildman–Crippen MR) is 166 cm³/mol. The molecule has 4 aromatic rings. The summed E-state index contributed by atoms with van der Waals surface area (Å²) in [5, 5.41) is 1.17. The van der Waals surface area contributed by atoms with Gasteiger partial charge in [0, 0.05) is 56.4 Å². The number of benzene rings is 2. The van der Waals surface area contributed by atoms with Gasteiger partial charge >= 0.3 is 0 Å². The Labute approximate surface area is 243 Å². The lowest BCUT2D eigenvalue weighted by atomic mass is 9.72. The minimum atomic E-state index is 0.0963. The first kappa shape index (κ1) is 27.5. The number of aromatic nitrogens is 2. The van der Waals surface area contributed by atoms with E-state index in [1.54, 1.807) is 14.0 Å². The van der Waals surface area contributed by atoms with Crippen molar-refractivity contribution in [1.82, 2.24) is 14.5 Å². The summed E-state index contributed by atoms with van der Waals surface area (Å²) in [6, 6.07) is 20.7. The van der Waals surface area contributed by atoms with Crippen LogP contribution in [0, 0.1) is 11.3 Å². The van der Waals surface area contributed by atoms with Crippen molar-refractivity contribution in [2.24, 2.45) is 11.3 Å². The molecule has 1 spiro atoms. The number of hydrogen-bond acceptors (Lipinski definition) is 5. The molecular formula is C35H42N4O2. The fourth-order valence-electron chi connectivity index (χ4n) is 6.13. The summed E-state index contributed by atoms with van der Waals surface area (Å²) in [5.74, 6) is 2.10. The third-order valence-electron chi connectivity index (χ3n) is 9.04. The van der Waals surface area contributed by atoms with Gasteiger partial charge in [-0.05, 0) is 66.5 Å². The Morgan fingerprint density at radius 1 is 0.951 bits per heavy atom. The van der Waals surface area contributed by atoms with Gasteiger partial charge in [-0.15, -0.1) is 0 Å². The number of ketones is 1. The van der Waals surface area contributed by atoms with Crippen LogP contribution in [0.25, 0.3) is 11.0 Å². The molecule has 0 N–H and O–H groups in total. The van der Waals surface area contributed by atoms with Crippen LogP contribution in [0.1, 0.15) is 61.0 Å². The summed E-state index contributed by atoms with van der Waals surface area (Å²) in [7, 11) is 1.71. The third-order valence-corrected chi connectivity index (χ3v) is 9.04. The number of hydrogen-bond donors (Lipinski definition) is 0. The molecule has 1 saturated carbocycles. The number of piperidine rings is 1. The van der Waals surface area contributed by atoms with E-state index in [-0.39, 0.29) is 5.78 Å². The van der Waals surface area contributed by atoms with Crippen LogP contribution in [0.4, 0.5) is 5.69 Å². The van der Waals surface area contributed by atoms with Gasteiger partial charge in [-0.2, -0.15) is 0 Å². The van der Waals surface area contributed by atoms with Crippen molar-refractivity contribution in [3.05, 3.63) is 89.7 Å². The summed E-state index contributed by atoms with van der Waals surface area (Å²) >= 11 is 0. The maximum atomic E-state index is 11.5. The number of carbonyl (C=O) groups is 1. The van der Waals surface area contributed by atoms with Crippen LogP contribution in [-0.2, 0) is 13.1 Å². The second kappa shape index (κ2) is 11.7. The van der Waals surface area contributed by atoms with Crippen LogP contribution < -0.4 is 9.64 Å². The van der Waals surface area contributed by atoms with Gasteiger partial charge in [0.15, 0.2) is 5.78 Å². The molecule has 0 atom stereocenters. The molecule has 6 heteroatoms. The Kier molecular flexibility index (Phi) is 7.85. The van der Waals surface area contributed by atoms with Gasteiger partial charge in [0.1, 0.15) is 11.4 Å². The van der Waals surface area contributed by atoms with Gasteiger partial charge in [0.25, 0.3) is 0 Å². The lowest BCUT2D eigenvalue weighted by molar-refractivity contribution is -0.0240. The zero-order valence-electron chi connectivity index (χ0n) is 24.7. The van der Waals surface area contributed by atoms with Crippen molar-refractivity contribution in [1.29, 1.82) is 0 Å². The average Bonchev–Trinajstić information content (AvgIpc) is 3.67. The van der Waals surface area contributed by atoms with Gasteiger partial charge in [-0.1, -0.05) is 56.2 Å². The van der Waals surface area contributed by atoms with Gasteiger partial charge in [0.05, 0.1) is 19.0 Å². The number of methoxy groups -OCH3 is 1. The molecule has 2 aromatic heterocycles. The monoisotopic (exact) mass is 550 g/mol. The topological polar surface area (TPSA) is 50.6 Å². The van der Waals surface area contributed by atoms with Crippen molar-refractivity contribution in [3.63, 3.8) is 0 Å². The Balaban J connectivity index is 0.000000697. The second-order valence-corrected chi connectivity index (χ2v) is 12.5. The zero-order chi connectivity index (χ0) is 28.4. The molecule has 2 aromatic carbocycles. The van der Waals surface area contributed by atoms with E-state index in [2.05, 4.69) is 63.9 Å². The highest BCUT2D eigenvalue weighted by molar-refractivity contribution is 5.94. The summed E-state index contributed by atoms with van der Waals surface area (Å²) in [6.45, 7) is 10.2. The average molecular weight is 551 g/mol. The molecule has 4 heterocycles. The molecule has 0 unspecified atom stereocenters. The number of ether oxygens (including phenoxy) is 1. The van der Waals surface area contributed by atoms with Gasteiger partial charge < -0.3 is 14.2 Å². The predicted octanol–water partition coefficient (Wildman–Crippen LogP) is 6.81. The maximum absolute atomic E-state index is 11.5. The maximum Gasteiger partial charge on any atom is 0.159 e. The van der Waals surface area contributed by atoms with Crippen LogP contribution >= 0.6 is 0 Å². The standard InChI is InChI=1S/C31H34N4O2.C4H8/c1-23(36)26-7-3-25(4-8-26)20-35-14-11-27-17-28(18-32-30(27)35)34-15-12-31(13-16-34)21-33(22-31)19-24-5-9-29(37-2)10-6-24;1-4-2-3-4/h3-11,14,17-18H,12-13,15-16,19-22H2,1-2H3;4H,2-3H2,1H3.